The molecule has 1 aromatic carbocycles. The number of nitrogens with one attached hydrogen (secondary N) is 2. The van der Waals surface area contributed by atoms with E-state index in [1.54, 1.807) is 19.5 Å². The van der Waals surface area contributed by atoms with Crippen molar-refractivity contribution in [2.45, 2.75) is 25.3 Å². The first-order valence-corrected chi connectivity index (χ1v) is 7.74. The number of carbonyl (C=O) groups is 1. The Hall–Kier alpha value is -2.63. The molecule has 0 radical (unpaired) electrons. The van der Waals surface area contributed by atoms with Gasteiger partial charge < -0.3 is 15.4 Å². The van der Waals surface area contributed by atoms with Gasteiger partial charge in [-0.1, -0.05) is 12.1 Å². The van der Waals surface area contributed by atoms with Crippen LogP contribution in [0.15, 0.2) is 36.7 Å². The molecule has 0 aliphatic heterocycles. The number of nitrogens with zero attached hydrogens (tertiary/aromatic N) is 2. The highest BCUT2D eigenvalue weighted by atomic mass is 16.5. The number of anilines is 1. The summed E-state index contributed by atoms with van der Waals surface area (Å²) in [6.45, 7) is 0.550. The first-order valence-electron chi connectivity index (χ1n) is 7.74. The van der Waals surface area contributed by atoms with E-state index in [0.29, 0.717) is 24.1 Å². The fourth-order valence-corrected chi connectivity index (χ4v) is 2.18. The largest absolute Gasteiger partial charge is 0.497 e. The normalized spacial score (nSPS) is 13.4. The lowest BCUT2D eigenvalue weighted by molar-refractivity contribution is 0.0953. The molecular weight excluding hydrogens is 292 g/mol. The number of hydrogen-bond donors (Lipinski definition) is 2. The average molecular weight is 312 g/mol. The van der Waals surface area contributed by atoms with Gasteiger partial charge in [0.05, 0.1) is 12.7 Å². The molecule has 1 saturated carbocycles. The summed E-state index contributed by atoms with van der Waals surface area (Å²) < 4.78 is 5.18. The summed E-state index contributed by atoms with van der Waals surface area (Å²) in [4.78, 5) is 20.4. The molecule has 2 aromatic rings. The van der Waals surface area contributed by atoms with E-state index < -0.39 is 0 Å². The molecule has 2 N–H and O–H groups in total. The highest BCUT2D eigenvalue weighted by molar-refractivity contribution is 5.93. The third-order valence-corrected chi connectivity index (χ3v) is 3.66. The van der Waals surface area contributed by atoms with Crippen molar-refractivity contribution in [2.24, 2.45) is 0 Å². The fourth-order valence-electron chi connectivity index (χ4n) is 2.18. The van der Waals surface area contributed by atoms with Gasteiger partial charge in [-0.3, -0.25) is 4.79 Å². The molecule has 0 saturated heterocycles. The minimum Gasteiger partial charge on any atom is -0.497 e. The van der Waals surface area contributed by atoms with Crippen LogP contribution in [0.2, 0.25) is 0 Å². The predicted molar refractivity (Wildman–Crippen MR) is 87.7 cm³/mol. The van der Waals surface area contributed by atoms with Gasteiger partial charge in [0.25, 0.3) is 5.91 Å². The molecule has 0 bridgehead atoms. The van der Waals surface area contributed by atoms with Gasteiger partial charge in [0.1, 0.15) is 5.75 Å². The Kier molecular flexibility index (Phi) is 4.71. The summed E-state index contributed by atoms with van der Waals surface area (Å²) in [6, 6.07) is 8.31. The molecule has 0 unspecified atom stereocenters. The number of methoxy groups -OCH3 is 1. The first-order chi connectivity index (χ1) is 11.2. The molecule has 1 aliphatic rings. The molecular formula is C17H20N4O2. The zero-order valence-corrected chi connectivity index (χ0v) is 13.1. The smallest absolute Gasteiger partial charge is 0.254 e. The molecule has 1 fully saturated rings. The molecule has 1 aliphatic carbocycles. The van der Waals surface area contributed by atoms with Crippen LogP contribution < -0.4 is 15.4 Å². The minimum absolute atomic E-state index is 0.161. The average Bonchev–Trinajstić information content (AvgIpc) is 3.39. The van der Waals surface area contributed by atoms with Crippen molar-refractivity contribution < 1.29 is 9.53 Å². The molecule has 120 valence electrons. The van der Waals surface area contributed by atoms with Crippen molar-refractivity contribution in [2.75, 3.05) is 19.0 Å². The molecule has 1 heterocycles. The lowest BCUT2D eigenvalue weighted by Gasteiger charge is -2.07. The maximum absolute atomic E-state index is 12.1. The Morgan fingerprint density at radius 1 is 1.30 bits per heavy atom. The summed E-state index contributed by atoms with van der Waals surface area (Å²) in [6.07, 6.45) is 6.17. The Morgan fingerprint density at radius 3 is 2.78 bits per heavy atom. The Labute approximate surface area is 135 Å². The van der Waals surface area contributed by atoms with E-state index >= 15 is 0 Å². The number of rotatable bonds is 7. The van der Waals surface area contributed by atoms with Crippen molar-refractivity contribution in [1.82, 2.24) is 15.3 Å². The summed E-state index contributed by atoms with van der Waals surface area (Å²) >= 11 is 0. The third-order valence-electron chi connectivity index (χ3n) is 3.66. The maximum Gasteiger partial charge on any atom is 0.254 e. The van der Waals surface area contributed by atoms with Crippen LogP contribution in [0.5, 0.6) is 5.75 Å². The zero-order valence-electron chi connectivity index (χ0n) is 13.1. The predicted octanol–water partition coefficient (Wildman–Crippen LogP) is 2.03. The molecule has 0 spiro atoms. The van der Waals surface area contributed by atoms with Gasteiger partial charge in [0.15, 0.2) is 0 Å². The second-order valence-corrected chi connectivity index (χ2v) is 5.57. The van der Waals surface area contributed by atoms with E-state index in [2.05, 4.69) is 20.6 Å². The van der Waals surface area contributed by atoms with Gasteiger partial charge in [-0.2, -0.15) is 0 Å². The SMILES string of the molecule is COc1cccc(CCNC(=O)c2cnc(NC3CC3)nc2)c1. The number of amides is 1. The van der Waals surface area contributed by atoms with Gasteiger partial charge in [-0.15, -0.1) is 0 Å². The highest BCUT2D eigenvalue weighted by Crippen LogP contribution is 2.22. The van der Waals surface area contributed by atoms with E-state index in [4.69, 9.17) is 4.74 Å². The number of hydrogen-bond acceptors (Lipinski definition) is 5. The summed E-state index contributed by atoms with van der Waals surface area (Å²) in [5.41, 5.74) is 1.59. The van der Waals surface area contributed by atoms with Crippen LogP contribution in [-0.4, -0.2) is 35.6 Å². The molecule has 6 heteroatoms. The summed E-state index contributed by atoms with van der Waals surface area (Å²) in [5, 5.41) is 6.07. The first kappa shape index (κ1) is 15.3. The Morgan fingerprint density at radius 2 is 2.09 bits per heavy atom. The van der Waals surface area contributed by atoms with Crippen molar-refractivity contribution >= 4 is 11.9 Å². The van der Waals surface area contributed by atoms with E-state index in [-0.39, 0.29) is 5.91 Å². The molecule has 6 nitrogen and oxygen atoms in total. The quantitative estimate of drug-likeness (QED) is 0.818. The van der Waals surface area contributed by atoms with E-state index in [9.17, 15) is 4.79 Å². The van der Waals surface area contributed by atoms with E-state index in [0.717, 1.165) is 30.6 Å². The van der Waals surface area contributed by atoms with Crippen molar-refractivity contribution in [3.8, 4) is 5.75 Å². The molecule has 1 aromatic heterocycles. The number of ether oxygens (including phenoxy) is 1. The van der Waals surface area contributed by atoms with Crippen molar-refractivity contribution in [3.63, 3.8) is 0 Å². The molecule has 23 heavy (non-hydrogen) atoms. The zero-order chi connectivity index (χ0) is 16.1. The number of aromatic nitrogens is 2. The second kappa shape index (κ2) is 7.09. The van der Waals surface area contributed by atoms with Crippen LogP contribution in [0.25, 0.3) is 0 Å². The number of benzene rings is 1. The number of carbonyl (C=O) groups excluding carboxylic acids is 1. The maximum atomic E-state index is 12.1. The lowest BCUT2D eigenvalue weighted by atomic mass is 10.1. The summed E-state index contributed by atoms with van der Waals surface area (Å²) in [7, 11) is 1.64. The van der Waals surface area contributed by atoms with Crippen LogP contribution in [-0.2, 0) is 6.42 Å². The highest BCUT2D eigenvalue weighted by Gasteiger charge is 2.21. The monoisotopic (exact) mass is 312 g/mol. The van der Waals surface area contributed by atoms with Gasteiger partial charge in [0.2, 0.25) is 5.95 Å². The van der Waals surface area contributed by atoms with Gasteiger partial charge in [-0.25, -0.2) is 9.97 Å². The van der Waals surface area contributed by atoms with Crippen LogP contribution in [0, 0.1) is 0 Å². The van der Waals surface area contributed by atoms with Crippen molar-refractivity contribution in [1.29, 1.82) is 0 Å². The third kappa shape index (κ3) is 4.42. The van der Waals surface area contributed by atoms with E-state index in [1.807, 2.05) is 24.3 Å². The molecule has 1 amide bonds. The second-order valence-electron chi connectivity index (χ2n) is 5.57. The van der Waals surface area contributed by atoms with Crippen LogP contribution in [0.3, 0.4) is 0 Å². The molecule has 0 atom stereocenters. The Bertz CT molecular complexity index is 669. The van der Waals surface area contributed by atoms with E-state index in [1.165, 1.54) is 0 Å². The van der Waals surface area contributed by atoms with Crippen LogP contribution in [0.4, 0.5) is 5.95 Å². The molecule has 3 rings (SSSR count). The minimum atomic E-state index is -0.161. The summed E-state index contributed by atoms with van der Waals surface area (Å²) in [5.74, 6) is 1.24. The van der Waals surface area contributed by atoms with Crippen molar-refractivity contribution in [3.05, 3.63) is 47.8 Å². The lowest BCUT2D eigenvalue weighted by Crippen LogP contribution is -2.26. The topological polar surface area (TPSA) is 76.1 Å². The van der Waals surface area contributed by atoms with Gasteiger partial charge in [-0.05, 0) is 37.0 Å². The standard InChI is InChI=1S/C17H20N4O2/c1-23-15-4-2-3-12(9-15)7-8-18-16(22)13-10-19-17(20-11-13)21-14-5-6-14/h2-4,9-11,14H,5-8H2,1H3,(H,18,22)(H,19,20,21). The Balaban J connectivity index is 1.48. The van der Waals surface area contributed by atoms with Crippen LogP contribution in [0.1, 0.15) is 28.8 Å². The van der Waals surface area contributed by atoms with Crippen LogP contribution >= 0.6 is 0 Å². The van der Waals surface area contributed by atoms with Gasteiger partial charge in [0, 0.05) is 25.0 Å². The van der Waals surface area contributed by atoms with Gasteiger partial charge >= 0.3 is 0 Å². The fraction of sp³-hybridized carbons (Fsp3) is 0.353.